The first-order chi connectivity index (χ1) is 12.2. The van der Waals surface area contributed by atoms with Crippen LogP contribution in [0.25, 0.3) is 0 Å². The molecule has 3 aromatic carbocycles. The average Bonchev–Trinajstić information content (AvgIpc) is 2.64. The molecule has 0 atom stereocenters. The minimum atomic E-state index is -0.439. The van der Waals surface area contributed by atoms with Gasteiger partial charge in [0.05, 0.1) is 10.7 Å². The van der Waals surface area contributed by atoms with Crippen molar-refractivity contribution in [3.63, 3.8) is 0 Å². The molecule has 0 amide bonds. The molecule has 1 N–H and O–H groups in total. The summed E-state index contributed by atoms with van der Waals surface area (Å²) in [6.07, 6.45) is 0. The molecule has 0 saturated carbocycles. The highest BCUT2D eigenvalue weighted by molar-refractivity contribution is 8.13. The Morgan fingerprint density at radius 3 is 2.32 bits per heavy atom. The monoisotopic (exact) mass is 370 g/mol. The van der Waals surface area contributed by atoms with Gasteiger partial charge < -0.3 is 5.32 Å². The van der Waals surface area contributed by atoms with Gasteiger partial charge in [-0.15, -0.1) is 0 Å². The van der Waals surface area contributed by atoms with Crippen molar-refractivity contribution in [2.24, 2.45) is 4.99 Å². The summed E-state index contributed by atoms with van der Waals surface area (Å²) >= 11 is 7.45. The Bertz CT molecular complexity index is 854. The molecule has 0 radical (unpaired) electrons. The van der Waals surface area contributed by atoms with E-state index < -0.39 is 5.82 Å². The number of halogens is 2. The predicted molar refractivity (Wildman–Crippen MR) is 106 cm³/mol. The summed E-state index contributed by atoms with van der Waals surface area (Å²) < 4.78 is 13.4. The van der Waals surface area contributed by atoms with Crippen molar-refractivity contribution in [1.29, 1.82) is 0 Å². The Morgan fingerprint density at radius 2 is 1.64 bits per heavy atom. The number of thioether (sulfide) groups is 1. The maximum atomic E-state index is 13.4. The van der Waals surface area contributed by atoms with Gasteiger partial charge in [-0.25, -0.2) is 9.38 Å². The summed E-state index contributed by atoms with van der Waals surface area (Å²) in [6, 6.07) is 24.4. The van der Waals surface area contributed by atoms with Crippen LogP contribution >= 0.6 is 23.4 Å². The minimum Gasteiger partial charge on any atom is -0.335 e. The van der Waals surface area contributed by atoms with Crippen molar-refractivity contribution in [3.8, 4) is 0 Å². The van der Waals surface area contributed by atoms with Gasteiger partial charge in [-0.2, -0.15) is 0 Å². The number of para-hydroxylation sites is 1. The molecular formula is C20H16ClFN2S. The quantitative estimate of drug-likeness (QED) is 0.418. The molecule has 0 aromatic heterocycles. The molecule has 3 aromatic rings. The highest BCUT2D eigenvalue weighted by Gasteiger charge is 2.06. The molecule has 0 saturated heterocycles. The lowest BCUT2D eigenvalue weighted by atomic mass is 10.2. The Balaban J connectivity index is 1.80. The van der Waals surface area contributed by atoms with Gasteiger partial charge in [0, 0.05) is 11.4 Å². The summed E-state index contributed by atoms with van der Waals surface area (Å²) in [5, 5.41) is 4.03. The van der Waals surface area contributed by atoms with E-state index >= 15 is 0 Å². The molecule has 0 aliphatic heterocycles. The van der Waals surface area contributed by atoms with E-state index in [9.17, 15) is 4.39 Å². The van der Waals surface area contributed by atoms with Crippen LogP contribution in [0, 0.1) is 5.82 Å². The van der Waals surface area contributed by atoms with E-state index in [0.29, 0.717) is 5.69 Å². The number of nitrogens with zero attached hydrogens (tertiary/aromatic N) is 1. The highest BCUT2D eigenvalue weighted by atomic mass is 35.5. The average molecular weight is 371 g/mol. The number of nitrogens with one attached hydrogen (secondary N) is 1. The first kappa shape index (κ1) is 17.5. The number of benzene rings is 3. The maximum Gasteiger partial charge on any atom is 0.166 e. The first-order valence-corrected chi connectivity index (χ1v) is 9.09. The standard InChI is InChI=1S/C20H16ClFN2S/c21-18-13-17(11-12-19(18)22)24-20(23-16-9-5-2-6-10-16)25-14-15-7-3-1-4-8-15/h1-13H,14H2,(H,23,24). The van der Waals surface area contributed by atoms with Gasteiger partial charge in [0.25, 0.3) is 0 Å². The van der Waals surface area contributed by atoms with Crippen LogP contribution in [-0.2, 0) is 5.75 Å². The Hall–Kier alpha value is -2.30. The fourth-order valence-corrected chi connectivity index (χ4v) is 3.18. The summed E-state index contributed by atoms with van der Waals surface area (Å²) in [4.78, 5) is 4.65. The molecule has 0 fully saturated rings. The summed E-state index contributed by atoms with van der Waals surface area (Å²) in [7, 11) is 0. The number of aliphatic imine (C=N–C) groups is 1. The number of rotatable bonds is 4. The molecule has 0 aliphatic rings. The van der Waals surface area contributed by atoms with E-state index in [1.165, 1.54) is 11.6 Å². The lowest BCUT2D eigenvalue weighted by Gasteiger charge is -2.10. The predicted octanol–water partition coefficient (Wildman–Crippen LogP) is 6.51. The molecule has 2 nitrogen and oxygen atoms in total. The molecule has 0 bridgehead atoms. The van der Waals surface area contributed by atoms with E-state index in [1.807, 2.05) is 48.5 Å². The second-order valence-electron chi connectivity index (χ2n) is 5.28. The van der Waals surface area contributed by atoms with Gasteiger partial charge in [-0.3, -0.25) is 0 Å². The van der Waals surface area contributed by atoms with Crippen LogP contribution in [0.4, 0.5) is 15.8 Å². The molecule has 0 spiro atoms. The normalized spacial score (nSPS) is 11.4. The minimum absolute atomic E-state index is 0.0807. The number of hydrogen-bond donors (Lipinski definition) is 1. The van der Waals surface area contributed by atoms with Gasteiger partial charge in [0.2, 0.25) is 0 Å². The molecule has 3 rings (SSSR count). The fraction of sp³-hybridized carbons (Fsp3) is 0.0500. The largest absolute Gasteiger partial charge is 0.335 e. The zero-order chi connectivity index (χ0) is 17.5. The van der Waals surface area contributed by atoms with Crippen LogP contribution < -0.4 is 5.32 Å². The van der Waals surface area contributed by atoms with Crippen LogP contribution in [0.3, 0.4) is 0 Å². The van der Waals surface area contributed by atoms with Gasteiger partial charge in [-0.05, 0) is 35.9 Å². The van der Waals surface area contributed by atoms with E-state index in [4.69, 9.17) is 11.6 Å². The van der Waals surface area contributed by atoms with Gasteiger partial charge in [0.1, 0.15) is 5.82 Å². The topological polar surface area (TPSA) is 24.4 Å². The number of amidine groups is 1. The second kappa shape index (κ2) is 8.70. The lowest BCUT2D eigenvalue weighted by molar-refractivity contribution is 0.628. The third-order valence-corrected chi connectivity index (χ3v) is 4.61. The van der Waals surface area contributed by atoms with Crippen LogP contribution in [0.15, 0.2) is 83.9 Å². The Kier molecular flexibility index (Phi) is 6.09. The smallest absolute Gasteiger partial charge is 0.166 e. The second-order valence-corrected chi connectivity index (χ2v) is 6.65. The SMILES string of the molecule is Fc1ccc(NC(=Nc2ccccc2)SCc2ccccc2)cc1Cl. The fourth-order valence-electron chi connectivity index (χ4n) is 2.14. The van der Waals surface area contributed by atoms with Crippen molar-refractivity contribution in [1.82, 2.24) is 0 Å². The van der Waals surface area contributed by atoms with Crippen LogP contribution in [0.2, 0.25) is 5.02 Å². The van der Waals surface area contributed by atoms with E-state index in [2.05, 4.69) is 22.4 Å². The van der Waals surface area contributed by atoms with E-state index in [1.54, 1.807) is 23.9 Å². The Morgan fingerprint density at radius 1 is 0.960 bits per heavy atom. The lowest BCUT2D eigenvalue weighted by Crippen LogP contribution is -2.08. The van der Waals surface area contributed by atoms with Crippen molar-refractivity contribution in [2.75, 3.05) is 5.32 Å². The first-order valence-electron chi connectivity index (χ1n) is 7.73. The molecule has 0 unspecified atom stereocenters. The zero-order valence-corrected chi connectivity index (χ0v) is 14.9. The van der Waals surface area contributed by atoms with E-state index in [-0.39, 0.29) is 5.02 Å². The van der Waals surface area contributed by atoms with Crippen molar-refractivity contribution >= 4 is 39.9 Å². The van der Waals surface area contributed by atoms with Crippen LogP contribution in [0.1, 0.15) is 5.56 Å². The number of hydrogen-bond acceptors (Lipinski definition) is 2. The number of anilines is 1. The summed E-state index contributed by atoms with van der Waals surface area (Å²) in [6.45, 7) is 0. The molecule has 0 heterocycles. The van der Waals surface area contributed by atoms with Crippen LogP contribution in [-0.4, -0.2) is 5.17 Å². The van der Waals surface area contributed by atoms with Gasteiger partial charge in [0.15, 0.2) is 5.17 Å². The molecule has 5 heteroatoms. The highest BCUT2D eigenvalue weighted by Crippen LogP contribution is 2.23. The van der Waals surface area contributed by atoms with Crippen molar-refractivity contribution < 1.29 is 4.39 Å². The van der Waals surface area contributed by atoms with Crippen LogP contribution in [0.5, 0.6) is 0 Å². The molecular weight excluding hydrogens is 355 g/mol. The molecule has 0 aliphatic carbocycles. The van der Waals surface area contributed by atoms with E-state index in [0.717, 1.165) is 16.6 Å². The third kappa shape index (κ3) is 5.34. The molecule has 126 valence electrons. The van der Waals surface area contributed by atoms with Crippen molar-refractivity contribution in [2.45, 2.75) is 5.75 Å². The van der Waals surface area contributed by atoms with Gasteiger partial charge >= 0.3 is 0 Å². The van der Waals surface area contributed by atoms with Crippen molar-refractivity contribution in [3.05, 3.63) is 95.3 Å². The summed E-state index contributed by atoms with van der Waals surface area (Å²) in [5.41, 5.74) is 2.74. The zero-order valence-electron chi connectivity index (χ0n) is 13.3. The van der Waals surface area contributed by atoms with Gasteiger partial charge in [-0.1, -0.05) is 71.9 Å². The summed E-state index contributed by atoms with van der Waals surface area (Å²) in [5.74, 6) is 0.333. The third-order valence-electron chi connectivity index (χ3n) is 3.38. The molecule has 25 heavy (non-hydrogen) atoms. The Labute approximate surface area is 155 Å². The maximum absolute atomic E-state index is 13.4.